The Kier molecular flexibility index (Phi) is 6.92. The molecule has 0 saturated carbocycles. The zero-order chi connectivity index (χ0) is 19.6. The van der Waals surface area contributed by atoms with E-state index in [-0.39, 0.29) is 5.91 Å². The number of amides is 1. The summed E-state index contributed by atoms with van der Waals surface area (Å²) in [5, 5.41) is 17.7. The third kappa shape index (κ3) is 6.07. The first kappa shape index (κ1) is 19.3. The van der Waals surface area contributed by atoms with E-state index >= 15 is 0 Å². The number of pyridine rings is 1. The number of nitrogens with zero attached hydrogens (tertiary/aromatic N) is 3. The van der Waals surface area contributed by atoms with Crippen molar-refractivity contribution in [3.05, 3.63) is 77.5 Å². The van der Waals surface area contributed by atoms with Crippen LogP contribution in [-0.2, 0) is 4.79 Å². The van der Waals surface area contributed by atoms with Gasteiger partial charge in [0.2, 0.25) is 5.91 Å². The van der Waals surface area contributed by atoms with Gasteiger partial charge in [-0.1, -0.05) is 35.9 Å². The van der Waals surface area contributed by atoms with Gasteiger partial charge in [-0.05, 0) is 42.0 Å². The third-order valence-electron chi connectivity index (χ3n) is 3.64. The number of benzene rings is 1. The van der Waals surface area contributed by atoms with Crippen LogP contribution in [0.3, 0.4) is 0 Å². The lowest BCUT2D eigenvalue weighted by Crippen LogP contribution is -2.27. The predicted octanol–water partition coefficient (Wildman–Crippen LogP) is 3.51. The molecule has 0 spiro atoms. The molecule has 0 fully saturated rings. The fourth-order valence-corrected chi connectivity index (χ4v) is 2.47. The van der Waals surface area contributed by atoms with Crippen molar-refractivity contribution in [1.29, 1.82) is 0 Å². The summed E-state index contributed by atoms with van der Waals surface area (Å²) >= 11 is 6.04. The van der Waals surface area contributed by atoms with Gasteiger partial charge in [-0.2, -0.15) is 0 Å². The van der Waals surface area contributed by atoms with Gasteiger partial charge in [0.1, 0.15) is 11.6 Å². The lowest BCUT2D eigenvalue weighted by molar-refractivity contribution is -0.116. The highest BCUT2D eigenvalue weighted by atomic mass is 35.5. The van der Waals surface area contributed by atoms with Gasteiger partial charge in [-0.15, -0.1) is 10.2 Å². The Bertz CT molecular complexity index is 931. The molecule has 28 heavy (non-hydrogen) atoms. The molecule has 142 valence electrons. The zero-order valence-electron chi connectivity index (χ0n) is 15.0. The minimum atomic E-state index is -0.192. The van der Waals surface area contributed by atoms with Gasteiger partial charge >= 0.3 is 0 Å². The number of hydrogen-bond acceptors (Lipinski definition) is 6. The Morgan fingerprint density at radius 1 is 0.929 bits per heavy atom. The molecule has 7 nitrogen and oxygen atoms in total. The molecule has 0 unspecified atom stereocenters. The van der Waals surface area contributed by atoms with Gasteiger partial charge in [0.05, 0.1) is 0 Å². The number of rotatable bonds is 8. The van der Waals surface area contributed by atoms with Crippen molar-refractivity contribution in [2.75, 3.05) is 23.7 Å². The molecule has 8 heteroatoms. The van der Waals surface area contributed by atoms with E-state index in [1.165, 1.54) is 6.08 Å². The van der Waals surface area contributed by atoms with Crippen molar-refractivity contribution >= 4 is 41.0 Å². The molecular weight excluding hydrogens is 376 g/mol. The molecule has 2 aromatic heterocycles. The van der Waals surface area contributed by atoms with Crippen LogP contribution in [0.5, 0.6) is 0 Å². The van der Waals surface area contributed by atoms with E-state index in [1.807, 2.05) is 36.4 Å². The van der Waals surface area contributed by atoms with Crippen LogP contribution in [0.2, 0.25) is 5.02 Å². The van der Waals surface area contributed by atoms with Crippen LogP contribution < -0.4 is 16.0 Å². The summed E-state index contributed by atoms with van der Waals surface area (Å²) in [7, 11) is 0. The largest absolute Gasteiger partial charge is 0.367 e. The summed E-state index contributed by atoms with van der Waals surface area (Å²) in [5.41, 5.74) is 0.798. The Morgan fingerprint density at radius 2 is 1.71 bits per heavy atom. The normalized spacial score (nSPS) is 10.6. The SMILES string of the molecule is O=C(/C=C/c1ccccc1Cl)NCCNc1ccc(Nc2ccccn2)nn1. The molecule has 3 aromatic rings. The summed E-state index contributed by atoms with van der Waals surface area (Å²) in [6, 6.07) is 16.5. The minimum Gasteiger partial charge on any atom is -0.367 e. The summed E-state index contributed by atoms with van der Waals surface area (Å²) in [4.78, 5) is 16.0. The van der Waals surface area contributed by atoms with Crippen LogP contribution in [0.1, 0.15) is 5.56 Å². The summed E-state index contributed by atoms with van der Waals surface area (Å²) in [6.07, 6.45) is 4.84. The summed E-state index contributed by atoms with van der Waals surface area (Å²) < 4.78 is 0. The van der Waals surface area contributed by atoms with Crippen LogP contribution in [0.15, 0.2) is 66.9 Å². The van der Waals surface area contributed by atoms with Gasteiger partial charge in [0.25, 0.3) is 0 Å². The topological polar surface area (TPSA) is 91.8 Å². The zero-order valence-corrected chi connectivity index (χ0v) is 15.7. The molecule has 3 N–H and O–H groups in total. The molecule has 1 aromatic carbocycles. The summed E-state index contributed by atoms with van der Waals surface area (Å²) in [6.45, 7) is 0.967. The first-order valence-electron chi connectivity index (χ1n) is 8.67. The lowest BCUT2D eigenvalue weighted by atomic mass is 10.2. The molecule has 0 aliphatic heterocycles. The van der Waals surface area contributed by atoms with E-state index in [0.717, 1.165) is 5.56 Å². The lowest BCUT2D eigenvalue weighted by Gasteiger charge is -2.07. The minimum absolute atomic E-state index is 0.192. The second-order valence-corrected chi connectivity index (χ2v) is 6.12. The van der Waals surface area contributed by atoms with Gasteiger partial charge in [0, 0.05) is 30.4 Å². The molecule has 0 saturated heterocycles. The van der Waals surface area contributed by atoms with E-state index in [0.29, 0.717) is 35.6 Å². The van der Waals surface area contributed by atoms with E-state index in [9.17, 15) is 4.79 Å². The molecule has 2 heterocycles. The number of nitrogens with one attached hydrogen (secondary N) is 3. The van der Waals surface area contributed by atoms with E-state index < -0.39 is 0 Å². The van der Waals surface area contributed by atoms with Crippen LogP contribution >= 0.6 is 11.6 Å². The van der Waals surface area contributed by atoms with Crippen molar-refractivity contribution in [3.63, 3.8) is 0 Å². The van der Waals surface area contributed by atoms with Gasteiger partial charge in [0.15, 0.2) is 5.82 Å². The fourth-order valence-electron chi connectivity index (χ4n) is 2.27. The smallest absolute Gasteiger partial charge is 0.244 e. The molecule has 0 aliphatic rings. The number of carbonyl (C=O) groups is 1. The predicted molar refractivity (Wildman–Crippen MR) is 112 cm³/mol. The van der Waals surface area contributed by atoms with Crippen molar-refractivity contribution in [3.8, 4) is 0 Å². The molecule has 3 rings (SSSR count). The van der Waals surface area contributed by atoms with Crippen LogP contribution in [0, 0.1) is 0 Å². The highest BCUT2D eigenvalue weighted by molar-refractivity contribution is 6.32. The van der Waals surface area contributed by atoms with Gasteiger partial charge in [-0.3, -0.25) is 4.79 Å². The number of carbonyl (C=O) groups excluding carboxylic acids is 1. The standard InChI is InChI=1S/C20H19ClN6O/c21-16-6-2-1-5-15(16)8-11-20(28)24-14-13-23-18-9-10-19(27-26-18)25-17-7-3-4-12-22-17/h1-12H,13-14H2,(H,23,26)(H,24,28)(H,22,25,27)/b11-8+. The third-order valence-corrected chi connectivity index (χ3v) is 3.98. The molecular formula is C20H19ClN6O. The maximum absolute atomic E-state index is 11.8. The van der Waals surface area contributed by atoms with Gasteiger partial charge in [-0.25, -0.2) is 4.98 Å². The van der Waals surface area contributed by atoms with Crippen molar-refractivity contribution < 1.29 is 4.79 Å². The van der Waals surface area contributed by atoms with Crippen molar-refractivity contribution in [1.82, 2.24) is 20.5 Å². The molecule has 0 aliphatic carbocycles. The average molecular weight is 395 g/mol. The number of anilines is 3. The Hall–Kier alpha value is -3.45. The Morgan fingerprint density at radius 3 is 2.46 bits per heavy atom. The summed E-state index contributed by atoms with van der Waals surface area (Å²) in [5.74, 6) is 1.72. The molecule has 1 amide bonds. The first-order valence-corrected chi connectivity index (χ1v) is 9.04. The maximum Gasteiger partial charge on any atom is 0.244 e. The van der Waals surface area contributed by atoms with E-state index in [4.69, 9.17) is 11.6 Å². The average Bonchev–Trinajstić information content (AvgIpc) is 2.72. The molecule has 0 bridgehead atoms. The van der Waals surface area contributed by atoms with E-state index in [2.05, 4.69) is 31.1 Å². The quantitative estimate of drug-likeness (QED) is 0.400. The van der Waals surface area contributed by atoms with Crippen LogP contribution in [-0.4, -0.2) is 34.2 Å². The van der Waals surface area contributed by atoms with E-state index in [1.54, 1.807) is 30.5 Å². The van der Waals surface area contributed by atoms with Crippen molar-refractivity contribution in [2.24, 2.45) is 0 Å². The number of hydrogen-bond donors (Lipinski definition) is 3. The number of halogens is 1. The second kappa shape index (κ2) is 10.0. The highest BCUT2D eigenvalue weighted by Gasteiger charge is 2.00. The van der Waals surface area contributed by atoms with Crippen LogP contribution in [0.4, 0.5) is 17.5 Å². The number of aromatic nitrogens is 3. The second-order valence-electron chi connectivity index (χ2n) is 5.72. The monoisotopic (exact) mass is 394 g/mol. The Labute approximate surface area is 167 Å². The first-order chi connectivity index (χ1) is 13.7. The van der Waals surface area contributed by atoms with Crippen LogP contribution in [0.25, 0.3) is 6.08 Å². The fraction of sp³-hybridized carbons (Fsp3) is 0.100. The Balaban J connectivity index is 1.39. The van der Waals surface area contributed by atoms with Gasteiger partial charge < -0.3 is 16.0 Å². The highest BCUT2D eigenvalue weighted by Crippen LogP contribution is 2.16. The maximum atomic E-state index is 11.8. The van der Waals surface area contributed by atoms with Crippen molar-refractivity contribution in [2.45, 2.75) is 0 Å². The molecule has 0 radical (unpaired) electrons. The molecule has 0 atom stereocenters.